The minimum atomic E-state index is -0.647. The fourth-order valence-electron chi connectivity index (χ4n) is 6.25. The standard InChI is InChI=1S/C42H48O4/c1-8-10-18-32-27-35(23-25-38(32)45-40(43)29(3)4)42(34-20-13-12-14-21-34,37-22-16-15-17-31(37)7)36-24-26-39(46-41(44)30(5)6)33(28-36)19-11-9-2/h12-13,15-17,20,22-28H,3,5,8-11,14,18-19,21H2,1-2,4,6-7H3. The van der Waals surface area contributed by atoms with Crippen molar-refractivity contribution in [3.63, 3.8) is 0 Å². The number of benzene rings is 3. The van der Waals surface area contributed by atoms with Gasteiger partial charge in [-0.15, -0.1) is 0 Å². The van der Waals surface area contributed by atoms with Gasteiger partial charge in [-0.05, 0) is 105 Å². The van der Waals surface area contributed by atoms with Crippen molar-refractivity contribution in [1.82, 2.24) is 0 Å². The van der Waals surface area contributed by atoms with Crippen LogP contribution in [0.3, 0.4) is 0 Å². The number of rotatable bonds is 14. The molecule has 240 valence electrons. The first-order valence-corrected chi connectivity index (χ1v) is 16.6. The smallest absolute Gasteiger partial charge is 0.338 e. The molecule has 4 nitrogen and oxygen atoms in total. The van der Waals surface area contributed by atoms with Gasteiger partial charge in [0.15, 0.2) is 0 Å². The van der Waals surface area contributed by atoms with E-state index in [1.54, 1.807) is 13.8 Å². The lowest BCUT2D eigenvalue weighted by molar-refractivity contribution is -0.131. The Labute approximate surface area is 275 Å². The molecule has 4 rings (SSSR count). The largest absolute Gasteiger partial charge is 0.423 e. The van der Waals surface area contributed by atoms with Crippen molar-refractivity contribution in [3.05, 3.63) is 142 Å². The van der Waals surface area contributed by atoms with E-state index in [1.165, 1.54) is 16.7 Å². The molecule has 0 saturated heterocycles. The van der Waals surface area contributed by atoms with Crippen LogP contribution in [0.4, 0.5) is 0 Å². The number of hydrogen-bond acceptors (Lipinski definition) is 4. The lowest BCUT2D eigenvalue weighted by Gasteiger charge is -2.41. The van der Waals surface area contributed by atoms with Crippen molar-refractivity contribution >= 4 is 11.9 Å². The van der Waals surface area contributed by atoms with E-state index < -0.39 is 17.4 Å². The highest BCUT2D eigenvalue weighted by Crippen LogP contribution is 2.50. The Bertz CT molecular complexity index is 1590. The molecule has 3 aromatic carbocycles. The average molecular weight is 617 g/mol. The predicted octanol–water partition coefficient (Wildman–Crippen LogP) is 10.3. The number of unbranched alkanes of at least 4 members (excludes halogenated alkanes) is 2. The lowest BCUT2D eigenvalue weighted by Crippen LogP contribution is -2.34. The van der Waals surface area contributed by atoms with E-state index in [4.69, 9.17) is 9.47 Å². The summed E-state index contributed by atoms with van der Waals surface area (Å²) in [7, 11) is 0. The Morgan fingerprint density at radius 1 is 0.783 bits per heavy atom. The summed E-state index contributed by atoms with van der Waals surface area (Å²) in [6, 6.07) is 21.2. The molecule has 46 heavy (non-hydrogen) atoms. The summed E-state index contributed by atoms with van der Waals surface area (Å²) in [5.74, 6) is 0.312. The van der Waals surface area contributed by atoms with Gasteiger partial charge in [0.2, 0.25) is 0 Å². The van der Waals surface area contributed by atoms with Crippen LogP contribution in [0.1, 0.15) is 99.6 Å². The van der Waals surface area contributed by atoms with Crippen LogP contribution >= 0.6 is 0 Å². The van der Waals surface area contributed by atoms with Gasteiger partial charge < -0.3 is 9.47 Å². The number of aryl methyl sites for hydroxylation is 3. The number of carbonyl (C=O) groups is 2. The summed E-state index contributed by atoms with van der Waals surface area (Å²) < 4.78 is 11.7. The molecule has 0 aliphatic heterocycles. The number of allylic oxidation sites excluding steroid dienone is 4. The van der Waals surface area contributed by atoms with Crippen LogP contribution in [0.5, 0.6) is 11.5 Å². The first-order chi connectivity index (χ1) is 22.1. The highest BCUT2D eigenvalue weighted by atomic mass is 16.5. The average Bonchev–Trinajstić information content (AvgIpc) is 3.05. The summed E-state index contributed by atoms with van der Waals surface area (Å²) in [5.41, 5.74) is 7.95. The van der Waals surface area contributed by atoms with Crippen LogP contribution in [0.2, 0.25) is 0 Å². The number of carbonyl (C=O) groups excluding carboxylic acids is 2. The van der Waals surface area contributed by atoms with Crippen molar-refractivity contribution in [2.24, 2.45) is 0 Å². The summed E-state index contributed by atoms with van der Waals surface area (Å²) in [6.07, 6.45) is 14.0. The van der Waals surface area contributed by atoms with Crippen LogP contribution in [-0.4, -0.2) is 11.9 Å². The molecule has 4 heteroatoms. The van der Waals surface area contributed by atoms with Gasteiger partial charge in [-0.3, -0.25) is 0 Å². The normalized spacial score (nSPS) is 12.8. The highest BCUT2D eigenvalue weighted by Gasteiger charge is 2.41. The maximum atomic E-state index is 12.6. The maximum absolute atomic E-state index is 12.6. The second-order valence-corrected chi connectivity index (χ2v) is 12.4. The van der Waals surface area contributed by atoms with Gasteiger partial charge in [0.25, 0.3) is 0 Å². The molecule has 0 fully saturated rings. The van der Waals surface area contributed by atoms with Crippen molar-refractivity contribution in [1.29, 1.82) is 0 Å². The first kappa shape index (κ1) is 34.4. The Hall–Kier alpha value is -4.44. The molecule has 0 heterocycles. The monoisotopic (exact) mass is 616 g/mol. The Morgan fingerprint density at radius 2 is 1.30 bits per heavy atom. The summed E-state index contributed by atoms with van der Waals surface area (Å²) in [4.78, 5) is 25.3. The zero-order chi connectivity index (χ0) is 33.3. The summed E-state index contributed by atoms with van der Waals surface area (Å²) >= 11 is 0. The van der Waals surface area contributed by atoms with E-state index in [2.05, 4.69) is 101 Å². The second-order valence-electron chi connectivity index (χ2n) is 12.4. The topological polar surface area (TPSA) is 52.6 Å². The van der Waals surface area contributed by atoms with Gasteiger partial charge in [-0.25, -0.2) is 9.59 Å². The van der Waals surface area contributed by atoms with Crippen molar-refractivity contribution < 1.29 is 19.1 Å². The molecular formula is C42H48O4. The number of hydrogen-bond donors (Lipinski definition) is 0. The van der Waals surface area contributed by atoms with Crippen molar-refractivity contribution in [2.75, 3.05) is 0 Å². The van der Waals surface area contributed by atoms with Gasteiger partial charge >= 0.3 is 11.9 Å². The van der Waals surface area contributed by atoms with E-state index in [1.807, 2.05) is 12.1 Å². The number of ether oxygens (including phenoxy) is 2. The van der Waals surface area contributed by atoms with Crippen LogP contribution in [0, 0.1) is 6.92 Å². The molecule has 0 unspecified atom stereocenters. The third-order valence-electron chi connectivity index (χ3n) is 8.73. The second kappa shape index (κ2) is 15.7. The van der Waals surface area contributed by atoms with Crippen LogP contribution in [-0.2, 0) is 27.8 Å². The molecule has 0 bridgehead atoms. The third-order valence-corrected chi connectivity index (χ3v) is 8.73. The molecule has 0 amide bonds. The molecule has 1 aliphatic rings. The van der Waals surface area contributed by atoms with E-state index in [9.17, 15) is 9.59 Å². The molecule has 0 saturated carbocycles. The lowest BCUT2D eigenvalue weighted by atomic mass is 9.61. The van der Waals surface area contributed by atoms with E-state index in [0.29, 0.717) is 22.6 Å². The Morgan fingerprint density at radius 3 is 1.74 bits per heavy atom. The fourth-order valence-corrected chi connectivity index (χ4v) is 6.25. The van der Waals surface area contributed by atoms with Gasteiger partial charge in [-0.2, -0.15) is 0 Å². The SMILES string of the molecule is C=C(C)C(=O)Oc1ccc(C(C2=CC=CCC2)(c2ccc(OC(=O)C(=C)C)c(CCCC)c2)c2ccccc2C)cc1CCCC. The Balaban J connectivity index is 2.08. The third kappa shape index (κ3) is 7.50. The molecule has 0 radical (unpaired) electrons. The quantitative estimate of drug-likeness (QED) is 0.0783. The number of esters is 2. The minimum absolute atomic E-state index is 0.367. The zero-order valence-corrected chi connectivity index (χ0v) is 28.2. The highest BCUT2D eigenvalue weighted by molar-refractivity contribution is 5.89. The molecule has 3 aromatic rings. The summed E-state index contributed by atoms with van der Waals surface area (Å²) in [6.45, 7) is 17.4. The van der Waals surface area contributed by atoms with Crippen molar-refractivity contribution in [2.45, 2.75) is 91.4 Å². The molecule has 0 spiro atoms. The zero-order valence-electron chi connectivity index (χ0n) is 28.2. The molecule has 0 aromatic heterocycles. The maximum Gasteiger partial charge on any atom is 0.338 e. The van der Waals surface area contributed by atoms with Crippen LogP contribution in [0.15, 0.2) is 109 Å². The van der Waals surface area contributed by atoms with Gasteiger partial charge in [0.05, 0.1) is 5.41 Å². The molecule has 0 atom stereocenters. The minimum Gasteiger partial charge on any atom is -0.423 e. The van der Waals surface area contributed by atoms with E-state index >= 15 is 0 Å². The van der Waals surface area contributed by atoms with Crippen LogP contribution in [0.25, 0.3) is 0 Å². The van der Waals surface area contributed by atoms with E-state index in [-0.39, 0.29) is 0 Å². The van der Waals surface area contributed by atoms with Gasteiger partial charge in [-0.1, -0.05) is 112 Å². The van der Waals surface area contributed by atoms with Crippen LogP contribution < -0.4 is 9.47 Å². The van der Waals surface area contributed by atoms with Crippen molar-refractivity contribution in [3.8, 4) is 11.5 Å². The molecule has 1 aliphatic carbocycles. The first-order valence-electron chi connectivity index (χ1n) is 16.6. The summed E-state index contributed by atoms with van der Waals surface area (Å²) in [5, 5.41) is 0. The molecular weight excluding hydrogens is 568 g/mol. The predicted molar refractivity (Wildman–Crippen MR) is 189 cm³/mol. The van der Waals surface area contributed by atoms with Gasteiger partial charge in [0.1, 0.15) is 11.5 Å². The molecule has 0 N–H and O–H groups in total. The van der Waals surface area contributed by atoms with Gasteiger partial charge in [0, 0.05) is 11.1 Å². The van der Waals surface area contributed by atoms with E-state index in [0.717, 1.165) is 73.6 Å². The Kier molecular flexibility index (Phi) is 11.8. The fraction of sp³-hybridized carbons (Fsp3) is 0.333.